The van der Waals surface area contributed by atoms with Crippen molar-refractivity contribution in [2.45, 2.75) is 13.5 Å². The summed E-state index contributed by atoms with van der Waals surface area (Å²) in [4.78, 5) is 17.4. The van der Waals surface area contributed by atoms with Crippen molar-refractivity contribution in [3.63, 3.8) is 0 Å². The van der Waals surface area contributed by atoms with Crippen LogP contribution in [0.5, 0.6) is 0 Å². The van der Waals surface area contributed by atoms with Gasteiger partial charge in [-0.2, -0.15) is 15.0 Å². The standard InChI is InChI=1S/C21H24FN7/c1-15-5-7-17(8-6-15)24-21-26-19(25-20(23)27-21)14-28-9-11-29(12-10-28)18-4-2-3-16(22)13-18/h2-8,13H,9-12,14H2,1H3,(H3,23,24,25,26,27). The van der Waals surface area contributed by atoms with Crippen LogP contribution in [0.15, 0.2) is 48.5 Å². The molecule has 0 atom stereocenters. The van der Waals surface area contributed by atoms with Crippen LogP contribution in [0.2, 0.25) is 0 Å². The van der Waals surface area contributed by atoms with Crippen LogP contribution in [0, 0.1) is 12.7 Å². The zero-order valence-electron chi connectivity index (χ0n) is 16.3. The van der Waals surface area contributed by atoms with E-state index in [1.54, 1.807) is 12.1 Å². The number of nitrogens with two attached hydrogens (primary N) is 1. The summed E-state index contributed by atoms with van der Waals surface area (Å²) >= 11 is 0. The molecule has 1 fully saturated rings. The highest BCUT2D eigenvalue weighted by Gasteiger charge is 2.19. The van der Waals surface area contributed by atoms with Gasteiger partial charge in [0.2, 0.25) is 11.9 Å². The Bertz CT molecular complexity index is 969. The Morgan fingerprint density at radius 3 is 2.48 bits per heavy atom. The molecule has 8 heteroatoms. The normalized spacial score (nSPS) is 14.8. The molecule has 7 nitrogen and oxygen atoms in total. The van der Waals surface area contributed by atoms with Crippen LogP contribution in [0.1, 0.15) is 11.4 Å². The first-order valence-corrected chi connectivity index (χ1v) is 9.62. The SMILES string of the molecule is Cc1ccc(Nc2nc(N)nc(CN3CCN(c4cccc(F)c4)CC3)n2)cc1. The second-order valence-electron chi connectivity index (χ2n) is 7.17. The Morgan fingerprint density at radius 1 is 1.00 bits per heavy atom. The van der Waals surface area contributed by atoms with Crippen molar-refractivity contribution in [1.82, 2.24) is 19.9 Å². The number of anilines is 4. The van der Waals surface area contributed by atoms with E-state index < -0.39 is 0 Å². The molecule has 0 unspecified atom stereocenters. The molecule has 4 rings (SSSR count). The minimum absolute atomic E-state index is 0.197. The highest BCUT2D eigenvalue weighted by atomic mass is 19.1. The lowest BCUT2D eigenvalue weighted by atomic mass is 10.2. The average Bonchev–Trinajstić information content (AvgIpc) is 2.70. The molecule has 2 aromatic carbocycles. The van der Waals surface area contributed by atoms with Gasteiger partial charge < -0.3 is 16.0 Å². The van der Waals surface area contributed by atoms with Crippen molar-refractivity contribution in [3.05, 3.63) is 65.7 Å². The van der Waals surface area contributed by atoms with Gasteiger partial charge >= 0.3 is 0 Å². The number of hydrogen-bond donors (Lipinski definition) is 2. The maximum Gasteiger partial charge on any atom is 0.232 e. The first kappa shape index (κ1) is 19.1. The third-order valence-electron chi connectivity index (χ3n) is 4.92. The van der Waals surface area contributed by atoms with E-state index in [0.29, 0.717) is 18.3 Å². The highest BCUT2D eigenvalue weighted by Crippen LogP contribution is 2.19. The molecule has 0 saturated carbocycles. The molecule has 0 bridgehead atoms. The van der Waals surface area contributed by atoms with Gasteiger partial charge in [-0.05, 0) is 37.3 Å². The molecule has 150 valence electrons. The van der Waals surface area contributed by atoms with E-state index in [9.17, 15) is 4.39 Å². The Balaban J connectivity index is 1.38. The first-order chi connectivity index (χ1) is 14.0. The fourth-order valence-electron chi connectivity index (χ4n) is 3.37. The van der Waals surface area contributed by atoms with Gasteiger partial charge in [0.25, 0.3) is 0 Å². The number of piperazine rings is 1. The summed E-state index contributed by atoms with van der Waals surface area (Å²) in [5.41, 5.74) is 8.89. The quantitative estimate of drug-likeness (QED) is 0.689. The third kappa shape index (κ3) is 4.97. The van der Waals surface area contributed by atoms with Crippen molar-refractivity contribution >= 4 is 23.3 Å². The lowest BCUT2D eigenvalue weighted by Crippen LogP contribution is -2.46. The largest absolute Gasteiger partial charge is 0.369 e. The van der Waals surface area contributed by atoms with Gasteiger partial charge in [-0.1, -0.05) is 23.8 Å². The molecule has 0 radical (unpaired) electrons. The van der Waals surface area contributed by atoms with E-state index in [4.69, 9.17) is 5.73 Å². The lowest BCUT2D eigenvalue weighted by molar-refractivity contribution is 0.244. The van der Waals surface area contributed by atoms with E-state index in [1.807, 2.05) is 37.3 Å². The number of aromatic nitrogens is 3. The highest BCUT2D eigenvalue weighted by molar-refractivity contribution is 5.54. The maximum atomic E-state index is 13.5. The number of benzene rings is 2. The molecule has 1 saturated heterocycles. The van der Waals surface area contributed by atoms with Crippen LogP contribution in [-0.4, -0.2) is 46.0 Å². The van der Waals surface area contributed by atoms with Crippen LogP contribution in [0.4, 0.5) is 27.7 Å². The van der Waals surface area contributed by atoms with Gasteiger partial charge in [0, 0.05) is 37.6 Å². The van der Waals surface area contributed by atoms with Crippen LogP contribution >= 0.6 is 0 Å². The fraction of sp³-hybridized carbons (Fsp3) is 0.286. The molecule has 29 heavy (non-hydrogen) atoms. The average molecular weight is 393 g/mol. The fourth-order valence-corrected chi connectivity index (χ4v) is 3.37. The number of halogens is 1. The Labute approximate surface area is 169 Å². The van der Waals surface area contributed by atoms with Crippen LogP contribution in [0.3, 0.4) is 0 Å². The van der Waals surface area contributed by atoms with Crippen LogP contribution < -0.4 is 16.0 Å². The van der Waals surface area contributed by atoms with Crippen molar-refractivity contribution in [1.29, 1.82) is 0 Å². The summed E-state index contributed by atoms with van der Waals surface area (Å²) in [6.07, 6.45) is 0. The van der Waals surface area contributed by atoms with Gasteiger partial charge in [0.05, 0.1) is 6.54 Å². The summed E-state index contributed by atoms with van der Waals surface area (Å²) in [5.74, 6) is 1.06. The number of nitrogen functional groups attached to an aromatic ring is 1. The minimum atomic E-state index is -0.209. The molecule has 0 aliphatic carbocycles. The molecule has 1 aliphatic rings. The summed E-state index contributed by atoms with van der Waals surface area (Å²) < 4.78 is 13.5. The summed E-state index contributed by atoms with van der Waals surface area (Å²) in [6.45, 7) is 5.94. The number of nitrogens with zero attached hydrogens (tertiary/aromatic N) is 5. The molecule has 0 amide bonds. The predicted octanol–water partition coefficient (Wildman–Crippen LogP) is 2.97. The molecular formula is C21H24FN7. The zero-order valence-corrected chi connectivity index (χ0v) is 16.3. The number of aryl methyl sites for hydroxylation is 1. The molecule has 2 heterocycles. The maximum absolute atomic E-state index is 13.5. The minimum Gasteiger partial charge on any atom is -0.369 e. The van der Waals surface area contributed by atoms with E-state index in [0.717, 1.165) is 37.6 Å². The topological polar surface area (TPSA) is 83.2 Å². The second kappa shape index (κ2) is 8.40. The van der Waals surface area contributed by atoms with Gasteiger partial charge in [-0.25, -0.2) is 4.39 Å². The Kier molecular flexibility index (Phi) is 5.53. The molecular weight excluding hydrogens is 369 g/mol. The molecule has 3 aromatic rings. The molecule has 1 aromatic heterocycles. The van der Waals surface area contributed by atoms with Gasteiger partial charge in [0.1, 0.15) is 11.6 Å². The molecule has 3 N–H and O–H groups in total. The lowest BCUT2D eigenvalue weighted by Gasteiger charge is -2.35. The van der Waals surface area contributed by atoms with Gasteiger partial charge in [-0.15, -0.1) is 0 Å². The number of hydrogen-bond acceptors (Lipinski definition) is 7. The van der Waals surface area contributed by atoms with Crippen molar-refractivity contribution in [2.75, 3.05) is 42.1 Å². The first-order valence-electron chi connectivity index (χ1n) is 9.62. The van der Waals surface area contributed by atoms with Crippen molar-refractivity contribution in [3.8, 4) is 0 Å². The van der Waals surface area contributed by atoms with Crippen LogP contribution in [-0.2, 0) is 6.54 Å². The predicted molar refractivity (Wildman–Crippen MR) is 113 cm³/mol. The van der Waals surface area contributed by atoms with Crippen LogP contribution in [0.25, 0.3) is 0 Å². The van der Waals surface area contributed by atoms with Gasteiger partial charge in [0.15, 0.2) is 0 Å². The van der Waals surface area contributed by atoms with E-state index in [2.05, 4.69) is 30.1 Å². The Hall–Kier alpha value is -3.26. The summed E-state index contributed by atoms with van der Waals surface area (Å²) in [5, 5.41) is 3.18. The zero-order chi connectivity index (χ0) is 20.2. The van der Waals surface area contributed by atoms with E-state index in [-0.39, 0.29) is 11.8 Å². The van der Waals surface area contributed by atoms with Crippen molar-refractivity contribution < 1.29 is 4.39 Å². The van der Waals surface area contributed by atoms with E-state index in [1.165, 1.54) is 11.6 Å². The smallest absolute Gasteiger partial charge is 0.232 e. The monoisotopic (exact) mass is 393 g/mol. The Morgan fingerprint density at radius 2 is 1.76 bits per heavy atom. The second-order valence-corrected chi connectivity index (χ2v) is 7.17. The van der Waals surface area contributed by atoms with Crippen molar-refractivity contribution in [2.24, 2.45) is 0 Å². The van der Waals surface area contributed by atoms with Gasteiger partial charge in [-0.3, -0.25) is 4.90 Å². The van der Waals surface area contributed by atoms with E-state index >= 15 is 0 Å². The molecule has 1 aliphatic heterocycles. The number of rotatable bonds is 5. The summed E-state index contributed by atoms with van der Waals surface area (Å²) in [6, 6.07) is 14.7. The third-order valence-corrected chi connectivity index (χ3v) is 4.92. The number of nitrogens with one attached hydrogen (secondary N) is 1. The molecule has 0 spiro atoms. The summed E-state index contributed by atoms with van der Waals surface area (Å²) in [7, 11) is 0.